The number of allylic oxidation sites excluding steroid dienone is 1. The van der Waals surface area contributed by atoms with Gasteiger partial charge in [-0.3, -0.25) is 0 Å². The molecule has 0 aliphatic carbocycles. The van der Waals surface area contributed by atoms with Gasteiger partial charge in [0.1, 0.15) is 0 Å². The van der Waals surface area contributed by atoms with Gasteiger partial charge in [0.15, 0.2) is 0 Å². The van der Waals surface area contributed by atoms with Crippen LogP contribution in [0.25, 0.3) is 0 Å². The number of hydrogen-bond acceptors (Lipinski definition) is 2. The molecule has 1 atom stereocenters. The van der Waals surface area contributed by atoms with Crippen LogP contribution in [0.15, 0.2) is 30.2 Å². The molecular formula is C13H21NS. The number of nitrogens with one attached hydrogen (secondary N) is 1. The minimum atomic E-state index is 0.613. The van der Waals surface area contributed by atoms with E-state index in [0.29, 0.717) is 6.04 Å². The summed E-state index contributed by atoms with van der Waals surface area (Å²) in [7, 11) is 0. The van der Waals surface area contributed by atoms with Crippen molar-refractivity contribution in [2.45, 2.75) is 38.6 Å². The van der Waals surface area contributed by atoms with Crippen LogP contribution in [0.5, 0.6) is 0 Å². The lowest BCUT2D eigenvalue weighted by Crippen LogP contribution is -2.31. The maximum atomic E-state index is 3.78. The van der Waals surface area contributed by atoms with E-state index in [2.05, 4.69) is 36.3 Å². The highest BCUT2D eigenvalue weighted by Crippen LogP contribution is 2.13. The zero-order chi connectivity index (χ0) is 10.9. The molecule has 0 bridgehead atoms. The Balaban J connectivity index is 2.37. The van der Waals surface area contributed by atoms with Gasteiger partial charge in [0, 0.05) is 10.9 Å². The Hall–Kier alpha value is -0.600. The molecule has 0 saturated heterocycles. The van der Waals surface area contributed by atoms with Crippen molar-refractivity contribution >= 4 is 11.3 Å². The van der Waals surface area contributed by atoms with Crippen molar-refractivity contribution < 1.29 is 0 Å². The molecule has 1 heterocycles. The average Bonchev–Trinajstić information content (AvgIpc) is 2.74. The lowest BCUT2D eigenvalue weighted by molar-refractivity contribution is 0.483. The summed E-state index contributed by atoms with van der Waals surface area (Å²) in [4.78, 5) is 1.48. The van der Waals surface area contributed by atoms with Crippen LogP contribution < -0.4 is 5.32 Å². The Labute approximate surface area is 97.2 Å². The Morgan fingerprint density at radius 1 is 1.60 bits per heavy atom. The monoisotopic (exact) mass is 223 g/mol. The molecule has 0 aliphatic rings. The molecule has 1 aromatic heterocycles. The van der Waals surface area contributed by atoms with Crippen LogP contribution in [0.3, 0.4) is 0 Å². The maximum absolute atomic E-state index is 3.78. The normalized spacial score (nSPS) is 12.6. The molecule has 0 saturated carbocycles. The van der Waals surface area contributed by atoms with Gasteiger partial charge < -0.3 is 5.32 Å². The van der Waals surface area contributed by atoms with Gasteiger partial charge in [0.2, 0.25) is 0 Å². The van der Waals surface area contributed by atoms with Crippen molar-refractivity contribution in [3.8, 4) is 0 Å². The highest BCUT2D eigenvalue weighted by Gasteiger charge is 2.08. The van der Waals surface area contributed by atoms with E-state index in [-0.39, 0.29) is 0 Å². The van der Waals surface area contributed by atoms with Gasteiger partial charge in [-0.15, -0.1) is 17.9 Å². The Kier molecular flexibility index (Phi) is 6.37. The first-order valence-electron chi connectivity index (χ1n) is 5.73. The first-order valence-corrected chi connectivity index (χ1v) is 6.61. The Morgan fingerprint density at radius 3 is 3.07 bits per heavy atom. The van der Waals surface area contributed by atoms with Crippen LogP contribution in [-0.2, 0) is 6.42 Å². The molecule has 0 spiro atoms. The predicted molar refractivity (Wildman–Crippen MR) is 69.5 cm³/mol. The van der Waals surface area contributed by atoms with E-state index in [9.17, 15) is 0 Å². The average molecular weight is 223 g/mol. The van der Waals surface area contributed by atoms with Gasteiger partial charge in [-0.2, -0.15) is 0 Å². The van der Waals surface area contributed by atoms with Gasteiger partial charge >= 0.3 is 0 Å². The van der Waals surface area contributed by atoms with E-state index in [1.165, 1.54) is 17.7 Å². The summed E-state index contributed by atoms with van der Waals surface area (Å²) in [6.45, 7) is 7.11. The first-order chi connectivity index (χ1) is 7.36. The summed E-state index contributed by atoms with van der Waals surface area (Å²) in [5.41, 5.74) is 0. The third-order valence-corrected chi connectivity index (χ3v) is 3.33. The zero-order valence-corrected chi connectivity index (χ0v) is 10.4. The van der Waals surface area contributed by atoms with Gasteiger partial charge in [-0.1, -0.05) is 19.1 Å². The summed E-state index contributed by atoms with van der Waals surface area (Å²) in [6.07, 6.45) is 6.67. The molecule has 15 heavy (non-hydrogen) atoms. The van der Waals surface area contributed by atoms with Crippen molar-refractivity contribution in [2.75, 3.05) is 6.54 Å². The van der Waals surface area contributed by atoms with Crippen molar-refractivity contribution in [1.82, 2.24) is 5.32 Å². The molecule has 0 radical (unpaired) electrons. The van der Waals surface area contributed by atoms with Crippen molar-refractivity contribution in [3.05, 3.63) is 35.0 Å². The van der Waals surface area contributed by atoms with Gasteiger partial charge in [-0.05, 0) is 43.7 Å². The van der Waals surface area contributed by atoms with Crippen molar-refractivity contribution in [2.24, 2.45) is 0 Å². The molecule has 2 heteroatoms. The van der Waals surface area contributed by atoms with Gasteiger partial charge in [0.25, 0.3) is 0 Å². The molecule has 1 nitrogen and oxygen atoms in total. The number of thiophene rings is 1. The lowest BCUT2D eigenvalue weighted by Gasteiger charge is -2.16. The van der Waals surface area contributed by atoms with Crippen LogP contribution in [0.2, 0.25) is 0 Å². The first kappa shape index (κ1) is 12.5. The number of hydrogen-bond donors (Lipinski definition) is 1. The maximum Gasteiger partial charge on any atom is 0.0118 e. The molecule has 1 rings (SSSR count). The van der Waals surface area contributed by atoms with Gasteiger partial charge in [0.05, 0.1) is 0 Å². The minimum absolute atomic E-state index is 0.613. The van der Waals surface area contributed by atoms with Crippen molar-refractivity contribution in [3.63, 3.8) is 0 Å². The Bertz CT molecular complexity index is 254. The molecule has 0 fully saturated rings. The second kappa shape index (κ2) is 7.66. The minimum Gasteiger partial charge on any atom is -0.314 e. The van der Waals surface area contributed by atoms with Crippen molar-refractivity contribution in [1.29, 1.82) is 0 Å². The SMILES string of the molecule is C=CCCC(Cc1cccs1)NCCC. The quantitative estimate of drug-likeness (QED) is 0.664. The second-order valence-electron chi connectivity index (χ2n) is 3.80. The lowest BCUT2D eigenvalue weighted by atomic mass is 10.1. The molecule has 84 valence electrons. The van der Waals surface area contributed by atoms with E-state index in [0.717, 1.165) is 19.4 Å². The predicted octanol–water partition coefficient (Wildman–Crippen LogP) is 3.63. The molecule has 0 aromatic carbocycles. The fraction of sp³-hybridized carbons (Fsp3) is 0.538. The van der Waals surface area contributed by atoms with E-state index in [1.807, 2.05) is 17.4 Å². The highest BCUT2D eigenvalue weighted by molar-refractivity contribution is 7.09. The third-order valence-electron chi connectivity index (χ3n) is 2.43. The Morgan fingerprint density at radius 2 is 2.47 bits per heavy atom. The molecule has 0 amide bonds. The summed E-state index contributed by atoms with van der Waals surface area (Å²) >= 11 is 1.85. The van der Waals surface area contributed by atoms with Crippen LogP contribution >= 0.6 is 11.3 Å². The molecule has 1 N–H and O–H groups in total. The largest absolute Gasteiger partial charge is 0.314 e. The van der Waals surface area contributed by atoms with Crippen LogP contribution in [-0.4, -0.2) is 12.6 Å². The molecule has 1 unspecified atom stereocenters. The standard InChI is InChI=1S/C13H21NS/c1-3-5-7-12(14-9-4-2)11-13-8-6-10-15-13/h3,6,8,10,12,14H,1,4-5,7,9,11H2,2H3. The fourth-order valence-corrected chi connectivity index (χ4v) is 2.40. The third kappa shape index (κ3) is 5.14. The highest BCUT2D eigenvalue weighted by atomic mass is 32.1. The fourth-order valence-electron chi connectivity index (χ4n) is 1.62. The number of rotatable bonds is 8. The summed E-state index contributed by atoms with van der Waals surface area (Å²) < 4.78 is 0. The van der Waals surface area contributed by atoms with Gasteiger partial charge in [-0.25, -0.2) is 0 Å². The van der Waals surface area contributed by atoms with Crippen LogP contribution in [0.4, 0.5) is 0 Å². The van der Waals surface area contributed by atoms with E-state index >= 15 is 0 Å². The van der Waals surface area contributed by atoms with E-state index in [1.54, 1.807) is 0 Å². The second-order valence-corrected chi connectivity index (χ2v) is 4.83. The van der Waals surface area contributed by atoms with Crippen LogP contribution in [0.1, 0.15) is 31.1 Å². The molecule has 0 aliphatic heterocycles. The topological polar surface area (TPSA) is 12.0 Å². The zero-order valence-electron chi connectivity index (χ0n) is 9.54. The summed E-state index contributed by atoms with van der Waals surface area (Å²) in [5.74, 6) is 0. The molecule has 1 aromatic rings. The smallest absolute Gasteiger partial charge is 0.0118 e. The van der Waals surface area contributed by atoms with E-state index < -0.39 is 0 Å². The molecular weight excluding hydrogens is 202 g/mol. The summed E-state index contributed by atoms with van der Waals surface area (Å²) in [6, 6.07) is 4.96. The van der Waals surface area contributed by atoms with Crippen LogP contribution in [0, 0.1) is 0 Å². The van der Waals surface area contributed by atoms with E-state index in [4.69, 9.17) is 0 Å². The summed E-state index contributed by atoms with van der Waals surface area (Å²) in [5, 5.41) is 5.75.